The van der Waals surface area contributed by atoms with Crippen molar-refractivity contribution in [2.75, 3.05) is 13.2 Å². The lowest BCUT2D eigenvalue weighted by Crippen LogP contribution is -2.18. The van der Waals surface area contributed by atoms with E-state index in [4.69, 9.17) is 25.1 Å². The van der Waals surface area contributed by atoms with E-state index in [0.717, 1.165) is 48.4 Å². The van der Waals surface area contributed by atoms with Crippen LogP contribution < -0.4 is 15.0 Å². The monoisotopic (exact) mass is 529 g/mol. The molecule has 0 aliphatic rings. The van der Waals surface area contributed by atoms with E-state index in [-0.39, 0.29) is 5.84 Å². The smallest absolute Gasteiger partial charge is 0.149 e. The number of hydrogen-bond donors (Lipinski definition) is 3. The third-order valence-corrected chi connectivity index (χ3v) is 7.48. The molecule has 0 radical (unpaired) electrons. The molecule has 1 aromatic heterocycles. The first kappa shape index (κ1) is 27.4. The highest BCUT2D eigenvalue weighted by molar-refractivity contribution is 7.12. The number of thiazole rings is 1. The molecular formula is C31H35N3O3S. The Labute approximate surface area is 228 Å². The molecule has 0 spiro atoms. The Morgan fingerprint density at radius 1 is 0.868 bits per heavy atom. The predicted octanol–water partition coefficient (Wildman–Crippen LogP) is 7.46. The van der Waals surface area contributed by atoms with Crippen molar-refractivity contribution >= 4 is 17.2 Å². The van der Waals surface area contributed by atoms with Crippen molar-refractivity contribution in [3.63, 3.8) is 0 Å². The number of aromatic nitrogens is 1. The summed E-state index contributed by atoms with van der Waals surface area (Å²) < 4.78 is 11.7. The predicted molar refractivity (Wildman–Crippen MR) is 154 cm³/mol. The van der Waals surface area contributed by atoms with Gasteiger partial charge in [0, 0.05) is 28.3 Å². The molecule has 38 heavy (non-hydrogen) atoms. The number of hydrogen-bond acceptors (Lipinski definition) is 6. The summed E-state index contributed by atoms with van der Waals surface area (Å²) in [5.41, 5.74) is 5.94. The highest BCUT2D eigenvalue weighted by Crippen LogP contribution is 2.34. The molecule has 198 valence electrons. The van der Waals surface area contributed by atoms with Crippen LogP contribution in [0.5, 0.6) is 11.5 Å². The fourth-order valence-corrected chi connectivity index (χ4v) is 5.12. The first-order valence-corrected chi connectivity index (χ1v) is 13.8. The van der Waals surface area contributed by atoms with E-state index in [1.807, 2.05) is 28.9 Å². The van der Waals surface area contributed by atoms with E-state index in [0.29, 0.717) is 24.7 Å². The van der Waals surface area contributed by atoms with Crippen LogP contribution in [0.4, 0.5) is 0 Å². The number of hydroxylamine groups is 1. The lowest BCUT2D eigenvalue weighted by atomic mass is 10.1. The molecule has 0 unspecified atom stereocenters. The van der Waals surface area contributed by atoms with Crippen LogP contribution in [-0.4, -0.2) is 29.2 Å². The summed E-state index contributed by atoms with van der Waals surface area (Å²) in [6.45, 7) is 5.68. The normalized spacial score (nSPS) is 10.9. The van der Waals surface area contributed by atoms with Crippen molar-refractivity contribution < 1.29 is 14.7 Å². The molecule has 0 aliphatic carbocycles. The van der Waals surface area contributed by atoms with Crippen molar-refractivity contribution in [2.45, 2.75) is 45.4 Å². The Morgan fingerprint density at radius 3 is 2.05 bits per heavy atom. The minimum atomic E-state index is -0.0394. The summed E-state index contributed by atoms with van der Waals surface area (Å²) in [7, 11) is 0. The fraction of sp³-hybridized carbons (Fsp3) is 0.290. The molecule has 6 nitrogen and oxygen atoms in total. The standard InChI is InChI=1S/C31H35N3O3S/c1-22(2)31-33-29(28(38-31)21-23-9-5-3-6-10-23)24-11-15-26(16-12-24)36-19-7-4-8-20-37-27-17-13-25(14-18-27)30(32)34-35/h3,5-6,9-18,22,35H,4,7-8,19-21H2,1-2H3,(H2,32,34). The largest absolute Gasteiger partial charge is 0.494 e. The average Bonchev–Trinajstić information content (AvgIpc) is 3.37. The van der Waals surface area contributed by atoms with Gasteiger partial charge in [-0.05, 0) is 73.4 Å². The highest BCUT2D eigenvalue weighted by Gasteiger charge is 2.16. The Bertz CT molecular complexity index is 1290. The maximum Gasteiger partial charge on any atom is 0.149 e. The summed E-state index contributed by atoms with van der Waals surface area (Å²) >= 11 is 1.81. The molecule has 7 heteroatoms. The lowest BCUT2D eigenvalue weighted by molar-refractivity contribution is 0.234. The van der Waals surface area contributed by atoms with E-state index in [2.05, 4.69) is 56.3 Å². The third-order valence-electron chi connectivity index (χ3n) is 6.12. The van der Waals surface area contributed by atoms with Gasteiger partial charge in [-0.15, -0.1) is 11.3 Å². The molecule has 0 fully saturated rings. The zero-order valence-electron chi connectivity index (χ0n) is 21.9. The minimum absolute atomic E-state index is 0.0394. The van der Waals surface area contributed by atoms with Gasteiger partial charge >= 0.3 is 0 Å². The molecule has 4 rings (SSSR count). The zero-order valence-corrected chi connectivity index (χ0v) is 22.8. The minimum Gasteiger partial charge on any atom is -0.494 e. The maximum absolute atomic E-state index is 8.79. The van der Waals surface area contributed by atoms with E-state index >= 15 is 0 Å². The Kier molecular flexibility index (Phi) is 9.90. The second-order valence-electron chi connectivity index (χ2n) is 9.43. The van der Waals surface area contributed by atoms with E-state index in [9.17, 15) is 0 Å². The van der Waals surface area contributed by atoms with Crippen LogP contribution in [-0.2, 0) is 6.42 Å². The molecule has 0 saturated carbocycles. The van der Waals surface area contributed by atoms with Gasteiger partial charge in [0.1, 0.15) is 17.3 Å². The van der Waals surface area contributed by atoms with Crippen molar-refractivity contribution in [3.05, 3.63) is 99.9 Å². The van der Waals surface area contributed by atoms with Crippen molar-refractivity contribution in [1.82, 2.24) is 10.5 Å². The summed E-state index contributed by atoms with van der Waals surface area (Å²) in [5.74, 6) is 1.99. The summed E-state index contributed by atoms with van der Waals surface area (Å²) in [5, 5.41) is 17.5. The van der Waals surface area contributed by atoms with Crippen LogP contribution >= 0.6 is 11.3 Å². The molecule has 0 amide bonds. The van der Waals surface area contributed by atoms with Crippen LogP contribution in [0.1, 0.15) is 60.0 Å². The number of nitrogens with one attached hydrogen (secondary N) is 2. The number of ether oxygens (including phenoxy) is 2. The van der Waals surface area contributed by atoms with Crippen LogP contribution in [0.25, 0.3) is 11.3 Å². The number of amidine groups is 1. The number of benzene rings is 3. The Balaban J connectivity index is 1.22. The van der Waals surface area contributed by atoms with Gasteiger partial charge < -0.3 is 9.47 Å². The van der Waals surface area contributed by atoms with Crippen molar-refractivity contribution in [1.29, 1.82) is 5.41 Å². The first-order chi connectivity index (χ1) is 18.5. The quantitative estimate of drug-likeness (QED) is 0.0724. The van der Waals surface area contributed by atoms with Gasteiger partial charge in [0.2, 0.25) is 0 Å². The van der Waals surface area contributed by atoms with Gasteiger partial charge in [-0.1, -0.05) is 44.2 Å². The molecule has 3 N–H and O–H groups in total. The molecule has 0 aliphatic heterocycles. The van der Waals surface area contributed by atoms with Crippen LogP contribution in [0.3, 0.4) is 0 Å². The Morgan fingerprint density at radius 2 is 1.47 bits per heavy atom. The average molecular weight is 530 g/mol. The van der Waals surface area contributed by atoms with Crippen LogP contribution in [0, 0.1) is 5.41 Å². The molecule has 3 aromatic carbocycles. The highest BCUT2D eigenvalue weighted by atomic mass is 32.1. The zero-order chi connectivity index (χ0) is 26.7. The second kappa shape index (κ2) is 13.7. The van der Waals surface area contributed by atoms with Gasteiger partial charge in [0.05, 0.1) is 23.9 Å². The van der Waals surface area contributed by atoms with Crippen molar-refractivity contribution in [2.24, 2.45) is 0 Å². The summed E-state index contributed by atoms with van der Waals surface area (Å²) in [6, 6.07) is 25.9. The Hall–Kier alpha value is -3.68. The molecule has 4 aromatic rings. The van der Waals surface area contributed by atoms with Crippen molar-refractivity contribution in [3.8, 4) is 22.8 Å². The number of unbranched alkanes of at least 4 members (excludes halogenated alkanes) is 2. The third kappa shape index (κ3) is 7.66. The first-order valence-electron chi connectivity index (χ1n) is 13.0. The second-order valence-corrected chi connectivity index (χ2v) is 10.5. The summed E-state index contributed by atoms with van der Waals surface area (Å²) in [4.78, 5) is 6.29. The number of nitrogens with zero attached hydrogens (tertiary/aromatic N) is 1. The molecule has 1 heterocycles. The van der Waals surface area contributed by atoms with Gasteiger partial charge in [-0.2, -0.15) is 0 Å². The van der Waals surface area contributed by atoms with Gasteiger partial charge in [0.15, 0.2) is 0 Å². The van der Waals surface area contributed by atoms with Gasteiger partial charge in [0.25, 0.3) is 0 Å². The fourth-order valence-electron chi connectivity index (χ4n) is 4.00. The summed E-state index contributed by atoms with van der Waals surface area (Å²) in [6.07, 6.45) is 3.79. The lowest BCUT2D eigenvalue weighted by Gasteiger charge is -2.09. The van der Waals surface area contributed by atoms with Crippen LogP contribution in [0.15, 0.2) is 78.9 Å². The molecule has 0 bridgehead atoms. The topological polar surface area (TPSA) is 87.5 Å². The molecule has 0 saturated heterocycles. The van der Waals surface area contributed by atoms with Crippen LogP contribution in [0.2, 0.25) is 0 Å². The SMILES string of the molecule is CC(C)c1nc(-c2ccc(OCCCCCOc3ccc(C(=N)NO)cc3)cc2)c(Cc2ccccc2)s1. The van der Waals surface area contributed by atoms with E-state index in [1.54, 1.807) is 24.3 Å². The van der Waals surface area contributed by atoms with Gasteiger partial charge in [-0.25, -0.2) is 4.98 Å². The van der Waals surface area contributed by atoms with E-state index < -0.39 is 0 Å². The molecule has 0 atom stereocenters. The maximum atomic E-state index is 8.79. The van der Waals surface area contributed by atoms with Gasteiger partial charge in [-0.3, -0.25) is 16.1 Å². The van der Waals surface area contributed by atoms with E-state index in [1.165, 1.54) is 15.4 Å². The molecular weight excluding hydrogens is 494 g/mol. The number of rotatable bonds is 13.